The van der Waals surface area contributed by atoms with Gasteiger partial charge in [-0.1, -0.05) is 23.7 Å². The average molecular weight is 325 g/mol. The number of methoxy groups -OCH3 is 1. The van der Waals surface area contributed by atoms with Crippen molar-refractivity contribution in [1.82, 2.24) is 10.2 Å². The maximum Gasteiger partial charge on any atom is 0.246 e. The predicted molar refractivity (Wildman–Crippen MR) is 87.6 cm³/mol. The Morgan fingerprint density at radius 2 is 2.00 bits per heavy atom. The Balaban J connectivity index is 2.38. The van der Waals surface area contributed by atoms with Crippen LogP contribution in [0.5, 0.6) is 0 Å². The average Bonchev–Trinajstić information content (AvgIpc) is 2.50. The second kappa shape index (κ2) is 9.97. The summed E-state index contributed by atoms with van der Waals surface area (Å²) < 4.78 is 4.89. The normalized spacial score (nSPS) is 10.7. The van der Waals surface area contributed by atoms with Gasteiger partial charge in [0.05, 0.1) is 6.54 Å². The van der Waals surface area contributed by atoms with Gasteiger partial charge >= 0.3 is 0 Å². The maximum atomic E-state index is 11.9. The first-order valence-electron chi connectivity index (χ1n) is 6.97. The molecule has 1 N–H and O–H groups in total. The number of rotatable bonds is 8. The Morgan fingerprint density at radius 3 is 2.64 bits per heavy atom. The third kappa shape index (κ3) is 7.24. The summed E-state index contributed by atoms with van der Waals surface area (Å²) in [4.78, 5) is 24.9. The van der Waals surface area contributed by atoms with Crippen LogP contribution in [0.15, 0.2) is 30.3 Å². The molecule has 5 nitrogen and oxygen atoms in total. The molecule has 0 radical (unpaired) electrons. The smallest absolute Gasteiger partial charge is 0.246 e. The van der Waals surface area contributed by atoms with E-state index < -0.39 is 0 Å². The molecule has 22 heavy (non-hydrogen) atoms. The van der Waals surface area contributed by atoms with E-state index >= 15 is 0 Å². The highest BCUT2D eigenvalue weighted by Gasteiger charge is 2.09. The van der Waals surface area contributed by atoms with Gasteiger partial charge in [-0.2, -0.15) is 0 Å². The molecule has 0 aliphatic heterocycles. The number of ether oxygens (including phenoxy) is 1. The summed E-state index contributed by atoms with van der Waals surface area (Å²) in [6.45, 7) is 1.16. The van der Waals surface area contributed by atoms with Crippen LogP contribution in [0.2, 0.25) is 5.02 Å². The van der Waals surface area contributed by atoms with E-state index in [9.17, 15) is 9.59 Å². The van der Waals surface area contributed by atoms with E-state index in [-0.39, 0.29) is 18.4 Å². The van der Waals surface area contributed by atoms with Gasteiger partial charge in [0.1, 0.15) is 0 Å². The third-order valence-electron chi connectivity index (χ3n) is 2.89. The van der Waals surface area contributed by atoms with E-state index in [4.69, 9.17) is 16.3 Å². The molecule has 6 heteroatoms. The number of likely N-dealkylation sites (N-methyl/N-ethyl adjacent to an activating group) is 1. The minimum absolute atomic E-state index is 0.0246. The van der Waals surface area contributed by atoms with Gasteiger partial charge in [-0.25, -0.2) is 0 Å². The Labute approximate surface area is 135 Å². The topological polar surface area (TPSA) is 58.6 Å². The van der Waals surface area contributed by atoms with Crippen molar-refractivity contribution < 1.29 is 14.3 Å². The van der Waals surface area contributed by atoms with Crippen molar-refractivity contribution in [2.45, 2.75) is 6.42 Å². The molecule has 0 bridgehead atoms. The van der Waals surface area contributed by atoms with Gasteiger partial charge < -0.3 is 15.0 Å². The molecule has 0 aromatic heterocycles. The minimum atomic E-state index is -0.234. The van der Waals surface area contributed by atoms with E-state index in [1.165, 1.54) is 11.0 Å². The number of amides is 2. The molecule has 0 saturated heterocycles. The van der Waals surface area contributed by atoms with Gasteiger partial charge in [-0.3, -0.25) is 9.59 Å². The van der Waals surface area contributed by atoms with Crippen LogP contribution in [0.25, 0.3) is 6.08 Å². The number of benzene rings is 1. The Hall–Kier alpha value is -1.85. The van der Waals surface area contributed by atoms with Gasteiger partial charge in [0, 0.05) is 38.4 Å². The highest BCUT2D eigenvalue weighted by molar-refractivity contribution is 6.30. The van der Waals surface area contributed by atoms with E-state index in [0.717, 1.165) is 12.0 Å². The highest BCUT2D eigenvalue weighted by atomic mass is 35.5. The molecule has 0 unspecified atom stereocenters. The zero-order chi connectivity index (χ0) is 16.4. The van der Waals surface area contributed by atoms with Crippen LogP contribution in [0, 0.1) is 0 Å². The molecule has 0 spiro atoms. The quantitative estimate of drug-likeness (QED) is 0.587. The van der Waals surface area contributed by atoms with E-state index in [1.807, 2.05) is 12.1 Å². The largest absolute Gasteiger partial charge is 0.385 e. The van der Waals surface area contributed by atoms with Crippen molar-refractivity contribution >= 4 is 29.5 Å². The number of carbonyl (C=O) groups excluding carboxylic acids is 2. The molecule has 0 fully saturated rings. The van der Waals surface area contributed by atoms with Crippen molar-refractivity contribution in [2.75, 3.05) is 33.9 Å². The van der Waals surface area contributed by atoms with Crippen LogP contribution in [0.4, 0.5) is 0 Å². The lowest BCUT2D eigenvalue weighted by molar-refractivity contribution is -0.131. The van der Waals surface area contributed by atoms with Crippen LogP contribution < -0.4 is 5.32 Å². The lowest BCUT2D eigenvalue weighted by Crippen LogP contribution is -2.38. The summed E-state index contributed by atoms with van der Waals surface area (Å²) in [6.07, 6.45) is 3.86. The molecule has 0 atom stereocenters. The van der Waals surface area contributed by atoms with Crippen LogP contribution in [-0.4, -0.2) is 50.6 Å². The molecule has 120 valence electrons. The van der Waals surface area contributed by atoms with Crippen LogP contribution >= 0.6 is 11.6 Å². The fourth-order valence-corrected chi connectivity index (χ4v) is 1.79. The summed E-state index contributed by atoms with van der Waals surface area (Å²) in [5.74, 6) is -0.422. The summed E-state index contributed by atoms with van der Waals surface area (Å²) in [7, 11) is 3.20. The first-order valence-corrected chi connectivity index (χ1v) is 7.35. The second-order valence-corrected chi connectivity index (χ2v) is 5.21. The van der Waals surface area contributed by atoms with Gasteiger partial charge in [-0.05, 0) is 30.2 Å². The van der Waals surface area contributed by atoms with Gasteiger partial charge in [-0.15, -0.1) is 0 Å². The zero-order valence-corrected chi connectivity index (χ0v) is 13.6. The van der Waals surface area contributed by atoms with Gasteiger partial charge in [0.2, 0.25) is 11.8 Å². The molecule has 0 aliphatic carbocycles. The van der Waals surface area contributed by atoms with Gasteiger partial charge in [0.25, 0.3) is 0 Å². The molecule has 1 aromatic rings. The first kappa shape index (κ1) is 18.2. The van der Waals surface area contributed by atoms with Crippen molar-refractivity contribution in [2.24, 2.45) is 0 Å². The predicted octanol–water partition coefficient (Wildman–Crippen LogP) is 1.96. The summed E-state index contributed by atoms with van der Waals surface area (Å²) in [5.41, 5.74) is 0.871. The number of halogens is 1. The standard InChI is InChI=1S/C16H21ClN2O3/c1-19(12-15(20)18-10-3-11-22-2)16(21)9-6-13-4-7-14(17)8-5-13/h4-9H,3,10-12H2,1-2H3,(H,18,20)/b9-6+. The number of hydrogen-bond donors (Lipinski definition) is 1. The van der Waals surface area contributed by atoms with Crippen LogP contribution in [-0.2, 0) is 14.3 Å². The van der Waals surface area contributed by atoms with Crippen LogP contribution in [0.1, 0.15) is 12.0 Å². The van der Waals surface area contributed by atoms with Gasteiger partial charge in [0.15, 0.2) is 0 Å². The molecule has 0 saturated carbocycles. The molecular formula is C16H21ClN2O3. The second-order valence-electron chi connectivity index (χ2n) is 4.78. The number of nitrogens with one attached hydrogen (secondary N) is 1. The highest BCUT2D eigenvalue weighted by Crippen LogP contribution is 2.10. The third-order valence-corrected chi connectivity index (χ3v) is 3.14. The van der Waals surface area contributed by atoms with Crippen molar-refractivity contribution in [3.63, 3.8) is 0 Å². The summed E-state index contributed by atoms with van der Waals surface area (Å²) in [6, 6.07) is 7.13. The van der Waals surface area contributed by atoms with Crippen molar-refractivity contribution in [3.8, 4) is 0 Å². The zero-order valence-electron chi connectivity index (χ0n) is 12.8. The Kier molecular flexibility index (Phi) is 8.25. The van der Waals surface area contributed by atoms with E-state index in [2.05, 4.69) is 5.32 Å². The molecule has 0 heterocycles. The molecule has 0 aliphatic rings. The summed E-state index contributed by atoms with van der Waals surface area (Å²) in [5, 5.41) is 3.38. The Morgan fingerprint density at radius 1 is 1.32 bits per heavy atom. The SMILES string of the molecule is COCCCNC(=O)CN(C)C(=O)/C=C/c1ccc(Cl)cc1. The fraction of sp³-hybridized carbons (Fsp3) is 0.375. The monoisotopic (exact) mass is 324 g/mol. The maximum absolute atomic E-state index is 11.9. The van der Waals surface area contributed by atoms with E-state index in [1.54, 1.807) is 32.4 Å². The number of nitrogens with zero attached hydrogens (tertiary/aromatic N) is 1. The van der Waals surface area contributed by atoms with Crippen molar-refractivity contribution in [3.05, 3.63) is 40.9 Å². The number of carbonyl (C=O) groups is 2. The molecule has 1 aromatic carbocycles. The lowest BCUT2D eigenvalue weighted by atomic mass is 10.2. The summed E-state index contributed by atoms with van der Waals surface area (Å²) >= 11 is 5.79. The first-order chi connectivity index (χ1) is 10.5. The fourth-order valence-electron chi connectivity index (χ4n) is 1.66. The molecule has 2 amide bonds. The number of hydrogen-bond acceptors (Lipinski definition) is 3. The van der Waals surface area contributed by atoms with Crippen LogP contribution in [0.3, 0.4) is 0 Å². The minimum Gasteiger partial charge on any atom is -0.385 e. The van der Waals surface area contributed by atoms with Crippen molar-refractivity contribution in [1.29, 1.82) is 0 Å². The Bertz CT molecular complexity index is 515. The van der Waals surface area contributed by atoms with E-state index in [0.29, 0.717) is 18.2 Å². The molecule has 1 rings (SSSR count). The lowest BCUT2D eigenvalue weighted by Gasteiger charge is -2.14. The molecular weight excluding hydrogens is 304 g/mol.